The van der Waals surface area contributed by atoms with Crippen LogP contribution in [0.15, 0.2) is 30.9 Å². The maximum absolute atomic E-state index is 11.8. The van der Waals surface area contributed by atoms with Crippen LogP contribution in [0.25, 0.3) is 6.08 Å². The quantitative estimate of drug-likeness (QED) is 0.412. The molecule has 0 radical (unpaired) electrons. The minimum Gasteiger partial charge on any atom is -0.491 e. The molecule has 0 saturated heterocycles. The summed E-state index contributed by atoms with van der Waals surface area (Å²) in [5.74, 6) is -0.141. The number of halogens is 1. The first-order valence-electron chi connectivity index (χ1n) is 7.70. The maximum atomic E-state index is 11.8. The van der Waals surface area contributed by atoms with E-state index >= 15 is 0 Å². The van der Waals surface area contributed by atoms with Gasteiger partial charge in [0.1, 0.15) is 0 Å². The zero-order valence-electron chi connectivity index (χ0n) is 14.5. The molecule has 1 aromatic carbocycles. The summed E-state index contributed by atoms with van der Waals surface area (Å²) in [6.45, 7) is 7.57. The Bertz CT molecular complexity index is 657. The van der Waals surface area contributed by atoms with Crippen molar-refractivity contribution in [3.63, 3.8) is 0 Å². The Morgan fingerprint density at radius 3 is 2.72 bits per heavy atom. The first-order valence-corrected chi connectivity index (χ1v) is 8.08. The Kier molecular flexibility index (Phi) is 8.56. The summed E-state index contributed by atoms with van der Waals surface area (Å²) in [5.41, 5.74) is 0.634. The summed E-state index contributed by atoms with van der Waals surface area (Å²) >= 11 is 6.14. The highest BCUT2D eigenvalue weighted by molar-refractivity contribution is 6.32. The van der Waals surface area contributed by atoms with Gasteiger partial charge in [-0.3, -0.25) is 4.79 Å². The van der Waals surface area contributed by atoms with E-state index in [2.05, 4.69) is 11.9 Å². The van der Waals surface area contributed by atoms with Gasteiger partial charge in [-0.15, -0.1) is 6.58 Å². The normalized spacial score (nSPS) is 11.7. The molecule has 0 aliphatic heterocycles. The molecule has 0 spiro atoms. The SMILES string of the molecule is C=CCNC(=O)[C@@H](C)OC(=O)/C=C/c1cc(Cl)c(OC)c(OCC)c1. The Labute approximate surface area is 152 Å². The van der Waals surface area contributed by atoms with E-state index in [1.165, 1.54) is 32.3 Å². The van der Waals surface area contributed by atoms with E-state index in [4.69, 9.17) is 25.8 Å². The van der Waals surface area contributed by atoms with E-state index in [0.717, 1.165) is 0 Å². The van der Waals surface area contributed by atoms with Gasteiger partial charge in [-0.2, -0.15) is 0 Å². The summed E-state index contributed by atoms with van der Waals surface area (Å²) < 4.78 is 15.7. The van der Waals surface area contributed by atoms with Crippen molar-refractivity contribution in [3.8, 4) is 11.5 Å². The number of esters is 1. The molecule has 1 atom stereocenters. The van der Waals surface area contributed by atoms with Crippen molar-refractivity contribution < 1.29 is 23.8 Å². The van der Waals surface area contributed by atoms with E-state index < -0.39 is 18.0 Å². The Morgan fingerprint density at radius 2 is 2.12 bits per heavy atom. The monoisotopic (exact) mass is 367 g/mol. The molecule has 0 aliphatic rings. The van der Waals surface area contributed by atoms with Gasteiger partial charge in [0.15, 0.2) is 17.6 Å². The minimum atomic E-state index is -0.907. The third-order valence-electron chi connectivity index (χ3n) is 3.03. The molecular formula is C18H22ClNO5. The molecule has 1 rings (SSSR count). The second-order valence-electron chi connectivity index (χ2n) is 4.91. The first-order chi connectivity index (χ1) is 11.9. The van der Waals surface area contributed by atoms with Crippen LogP contribution in [0.3, 0.4) is 0 Å². The van der Waals surface area contributed by atoms with E-state index in [-0.39, 0.29) is 0 Å². The van der Waals surface area contributed by atoms with Gasteiger partial charge in [-0.25, -0.2) is 4.79 Å². The smallest absolute Gasteiger partial charge is 0.331 e. The van der Waals surface area contributed by atoms with Gasteiger partial charge in [-0.05, 0) is 37.6 Å². The molecule has 0 fully saturated rings. The molecular weight excluding hydrogens is 346 g/mol. The number of carbonyl (C=O) groups excluding carboxylic acids is 2. The van der Waals surface area contributed by atoms with E-state index in [1.54, 1.807) is 12.1 Å². The summed E-state index contributed by atoms with van der Waals surface area (Å²) in [7, 11) is 1.50. The Hall–Kier alpha value is -2.47. The zero-order valence-corrected chi connectivity index (χ0v) is 15.3. The lowest BCUT2D eigenvalue weighted by molar-refractivity contribution is -0.150. The molecule has 0 heterocycles. The molecule has 136 valence electrons. The fourth-order valence-electron chi connectivity index (χ4n) is 1.89. The van der Waals surface area contributed by atoms with Crippen LogP contribution in [0.4, 0.5) is 0 Å². The zero-order chi connectivity index (χ0) is 18.8. The lowest BCUT2D eigenvalue weighted by Crippen LogP contribution is -2.35. The number of carbonyl (C=O) groups is 2. The van der Waals surface area contributed by atoms with Crippen LogP contribution >= 0.6 is 11.6 Å². The van der Waals surface area contributed by atoms with Crippen molar-refractivity contribution in [2.45, 2.75) is 20.0 Å². The van der Waals surface area contributed by atoms with Crippen molar-refractivity contribution in [1.82, 2.24) is 5.32 Å². The Balaban J connectivity index is 2.78. The molecule has 1 aromatic rings. The van der Waals surface area contributed by atoms with E-state index in [0.29, 0.717) is 35.2 Å². The van der Waals surface area contributed by atoms with Crippen molar-refractivity contribution >= 4 is 29.6 Å². The third-order valence-corrected chi connectivity index (χ3v) is 3.31. The van der Waals surface area contributed by atoms with Crippen LogP contribution in [0.5, 0.6) is 11.5 Å². The van der Waals surface area contributed by atoms with Gasteiger partial charge in [0.25, 0.3) is 5.91 Å². The van der Waals surface area contributed by atoms with Crippen LogP contribution in [-0.2, 0) is 14.3 Å². The van der Waals surface area contributed by atoms with Crippen molar-refractivity contribution in [1.29, 1.82) is 0 Å². The second-order valence-corrected chi connectivity index (χ2v) is 5.32. The third kappa shape index (κ3) is 6.51. The number of ether oxygens (including phenoxy) is 3. The fraction of sp³-hybridized carbons (Fsp3) is 0.333. The number of nitrogens with one attached hydrogen (secondary N) is 1. The number of benzene rings is 1. The number of rotatable bonds is 9. The summed E-state index contributed by atoms with van der Waals surface area (Å²) in [4.78, 5) is 23.5. The van der Waals surface area contributed by atoms with Crippen LogP contribution in [0.2, 0.25) is 5.02 Å². The highest BCUT2D eigenvalue weighted by atomic mass is 35.5. The van der Waals surface area contributed by atoms with Gasteiger partial charge < -0.3 is 19.5 Å². The van der Waals surface area contributed by atoms with E-state index in [1.807, 2.05) is 6.92 Å². The Morgan fingerprint density at radius 1 is 1.40 bits per heavy atom. The average Bonchev–Trinajstić information content (AvgIpc) is 2.58. The highest BCUT2D eigenvalue weighted by Gasteiger charge is 2.15. The molecule has 0 aliphatic carbocycles. The number of hydrogen-bond acceptors (Lipinski definition) is 5. The van der Waals surface area contributed by atoms with Crippen molar-refractivity contribution in [2.24, 2.45) is 0 Å². The summed E-state index contributed by atoms with van der Waals surface area (Å²) in [5, 5.41) is 2.91. The van der Waals surface area contributed by atoms with Crippen molar-refractivity contribution in [2.75, 3.05) is 20.3 Å². The van der Waals surface area contributed by atoms with Crippen LogP contribution < -0.4 is 14.8 Å². The lowest BCUT2D eigenvalue weighted by Gasteiger charge is -2.12. The van der Waals surface area contributed by atoms with Gasteiger partial charge in [-0.1, -0.05) is 17.7 Å². The number of hydrogen-bond donors (Lipinski definition) is 1. The van der Waals surface area contributed by atoms with Gasteiger partial charge in [0.05, 0.1) is 18.7 Å². The highest BCUT2D eigenvalue weighted by Crippen LogP contribution is 2.36. The average molecular weight is 368 g/mol. The molecule has 25 heavy (non-hydrogen) atoms. The lowest BCUT2D eigenvalue weighted by atomic mass is 10.2. The predicted octanol–water partition coefficient (Wildman–Crippen LogP) is 2.99. The first kappa shape index (κ1) is 20.6. The van der Waals surface area contributed by atoms with Crippen LogP contribution in [0.1, 0.15) is 19.4 Å². The van der Waals surface area contributed by atoms with Crippen molar-refractivity contribution in [3.05, 3.63) is 41.4 Å². The van der Waals surface area contributed by atoms with E-state index in [9.17, 15) is 9.59 Å². The summed E-state index contributed by atoms with van der Waals surface area (Å²) in [6, 6.07) is 3.32. The van der Waals surface area contributed by atoms with Crippen LogP contribution in [0, 0.1) is 0 Å². The molecule has 1 N–H and O–H groups in total. The largest absolute Gasteiger partial charge is 0.491 e. The number of amides is 1. The molecule has 0 bridgehead atoms. The molecule has 1 amide bonds. The molecule has 6 nitrogen and oxygen atoms in total. The molecule has 7 heteroatoms. The van der Waals surface area contributed by atoms with Crippen LogP contribution in [-0.4, -0.2) is 38.2 Å². The maximum Gasteiger partial charge on any atom is 0.331 e. The topological polar surface area (TPSA) is 73.9 Å². The van der Waals surface area contributed by atoms with Gasteiger partial charge in [0.2, 0.25) is 0 Å². The van der Waals surface area contributed by atoms with Gasteiger partial charge in [0, 0.05) is 12.6 Å². The summed E-state index contributed by atoms with van der Waals surface area (Å²) in [6.07, 6.45) is 3.36. The standard InChI is InChI=1S/C18H22ClNO5/c1-5-9-20-18(22)12(3)25-16(21)8-7-13-10-14(19)17(23-4)15(11-13)24-6-2/h5,7-8,10-12H,1,6,9H2,2-4H3,(H,20,22)/b8-7+/t12-/m1/s1. The van der Waals surface area contributed by atoms with Gasteiger partial charge >= 0.3 is 5.97 Å². The number of methoxy groups -OCH3 is 1. The second kappa shape index (κ2) is 10.4. The molecule has 0 saturated carbocycles. The minimum absolute atomic E-state index is 0.307. The predicted molar refractivity (Wildman–Crippen MR) is 97.0 cm³/mol. The molecule has 0 aromatic heterocycles. The molecule has 0 unspecified atom stereocenters. The fourth-order valence-corrected chi connectivity index (χ4v) is 2.19.